The number of aromatic amines is 2. The van der Waals surface area contributed by atoms with Crippen molar-refractivity contribution in [3.8, 4) is 39.7 Å². The summed E-state index contributed by atoms with van der Waals surface area (Å²) in [5.74, 6) is 1.06. The Balaban J connectivity index is 1.26. The van der Waals surface area contributed by atoms with Crippen molar-refractivity contribution < 1.29 is 9.13 Å². The quantitative estimate of drug-likeness (QED) is 0.266. The Labute approximate surface area is 223 Å². The summed E-state index contributed by atoms with van der Waals surface area (Å²) < 4.78 is 20.4. The Morgan fingerprint density at radius 2 is 1.79 bits per heavy atom. The molecule has 0 bridgehead atoms. The second-order valence-electron chi connectivity index (χ2n) is 9.95. The van der Waals surface area contributed by atoms with E-state index in [9.17, 15) is 4.39 Å². The van der Waals surface area contributed by atoms with Gasteiger partial charge in [-0.25, -0.2) is 14.4 Å². The van der Waals surface area contributed by atoms with Crippen molar-refractivity contribution in [2.45, 2.75) is 25.9 Å². The lowest BCUT2D eigenvalue weighted by Crippen LogP contribution is -2.34. The molecule has 0 amide bonds. The zero-order chi connectivity index (χ0) is 26.3. The van der Waals surface area contributed by atoms with E-state index in [1.54, 1.807) is 12.4 Å². The molecule has 0 unspecified atom stereocenters. The molecule has 3 N–H and O–H groups in total. The number of nitrogens with one attached hydrogen (secondary N) is 3. The highest BCUT2D eigenvalue weighted by molar-refractivity contribution is 5.96. The van der Waals surface area contributed by atoms with Crippen molar-refractivity contribution in [3.63, 3.8) is 0 Å². The maximum Gasteiger partial charge on any atom is 0.161 e. The van der Waals surface area contributed by atoms with Gasteiger partial charge in [0.15, 0.2) is 11.5 Å². The summed E-state index contributed by atoms with van der Waals surface area (Å²) in [4.78, 5) is 17.6. The average Bonchev–Trinajstić information content (AvgIpc) is 3.57. The highest BCUT2D eigenvalue weighted by Crippen LogP contribution is 2.33. The highest BCUT2D eigenvalue weighted by Gasteiger charge is 2.18. The number of hydrogen-bond acceptors (Lipinski definition) is 6. The Kier molecular flexibility index (Phi) is 5.78. The first-order valence-electron chi connectivity index (χ1n) is 13.1. The van der Waals surface area contributed by atoms with Crippen LogP contribution < -0.4 is 10.1 Å². The molecule has 1 aliphatic heterocycles. The van der Waals surface area contributed by atoms with Gasteiger partial charge in [0.1, 0.15) is 23.2 Å². The third-order valence-corrected chi connectivity index (χ3v) is 7.10. The first kappa shape index (κ1) is 23.5. The van der Waals surface area contributed by atoms with Crippen LogP contribution in [0, 0.1) is 12.7 Å². The lowest BCUT2D eigenvalue weighted by atomic mass is 10.0. The molecular formula is C30H26FN7O. The molecule has 0 spiro atoms. The molecule has 5 heterocycles. The van der Waals surface area contributed by atoms with Gasteiger partial charge in [0, 0.05) is 17.3 Å². The van der Waals surface area contributed by atoms with Crippen LogP contribution in [0.5, 0.6) is 5.75 Å². The molecule has 0 saturated carbocycles. The van der Waals surface area contributed by atoms with Gasteiger partial charge in [-0.3, -0.25) is 10.1 Å². The van der Waals surface area contributed by atoms with E-state index in [0.717, 1.165) is 76.2 Å². The molecule has 2 aromatic carbocycles. The number of imidazole rings is 1. The van der Waals surface area contributed by atoms with Crippen LogP contribution in [-0.2, 0) is 0 Å². The van der Waals surface area contributed by atoms with Crippen molar-refractivity contribution >= 4 is 22.1 Å². The van der Waals surface area contributed by atoms with Gasteiger partial charge in [0.25, 0.3) is 0 Å². The number of para-hydroxylation sites is 1. The van der Waals surface area contributed by atoms with Crippen LogP contribution in [0.15, 0.2) is 67.0 Å². The van der Waals surface area contributed by atoms with Crippen molar-refractivity contribution in [2.24, 2.45) is 0 Å². The van der Waals surface area contributed by atoms with Crippen LogP contribution in [0.4, 0.5) is 4.39 Å². The summed E-state index contributed by atoms with van der Waals surface area (Å²) in [7, 11) is 0. The lowest BCUT2D eigenvalue weighted by molar-refractivity contribution is 0.162. The van der Waals surface area contributed by atoms with E-state index in [2.05, 4.69) is 25.5 Å². The van der Waals surface area contributed by atoms with Crippen molar-refractivity contribution in [1.82, 2.24) is 35.5 Å². The SMILES string of the molecule is Cc1cc(F)cc(-c2cccc3[nH]c(-c4n[nH]c5ccc(-c6cncc(OC7CCNCC7)c6)nc45)nc23)c1. The van der Waals surface area contributed by atoms with Crippen molar-refractivity contribution in [3.05, 3.63) is 78.4 Å². The molecular weight excluding hydrogens is 493 g/mol. The monoisotopic (exact) mass is 519 g/mol. The molecule has 1 fully saturated rings. The molecule has 7 rings (SSSR count). The smallest absolute Gasteiger partial charge is 0.161 e. The number of hydrogen-bond donors (Lipinski definition) is 3. The fraction of sp³-hybridized carbons (Fsp3) is 0.200. The van der Waals surface area contributed by atoms with E-state index in [1.165, 1.54) is 12.1 Å². The van der Waals surface area contributed by atoms with E-state index < -0.39 is 0 Å². The van der Waals surface area contributed by atoms with Crippen molar-refractivity contribution in [2.75, 3.05) is 13.1 Å². The summed E-state index contributed by atoms with van der Waals surface area (Å²) >= 11 is 0. The predicted molar refractivity (Wildman–Crippen MR) is 149 cm³/mol. The zero-order valence-electron chi connectivity index (χ0n) is 21.3. The van der Waals surface area contributed by atoms with Crippen LogP contribution in [-0.4, -0.2) is 49.3 Å². The number of pyridine rings is 2. The molecule has 0 radical (unpaired) electrons. The summed E-state index contributed by atoms with van der Waals surface area (Å²) in [6.07, 6.45) is 5.68. The van der Waals surface area contributed by atoms with Gasteiger partial charge < -0.3 is 15.0 Å². The van der Waals surface area contributed by atoms with Crippen LogP contribution in [0.1, 0.15) is 18.4 Å². The third kappa shape index (κ3) is 4.51. The van der Waals surface area contributed by atoms with Gasteiger partial charge >= 0.3 is 0 Å². The number of rotatable bonds is 5. The molecule has 6 aromatic rings. The number of benzene rings is 2. The first-order valence-corrected chi connectivity index (χ1v) is 13.1. The summed E-state index contributed by atoms with van der Waals surface area (Å²) in [6.45, 7) is 3.81. The molecule has 194 valence electrons. The number of fused-ring (bicyclic) bond motifs is 2. The fourth-order valence-electron chi connectivity index (χ4n) is 5.22. The van der Waals surface area contributed by atoms with Crippen LogP contribution in [0.2, 0.25) is 0 Å². The number of halogens is 1. The minimum absolute atomic E-state index is 0.188. The summed E-state index contributed by atoms with van der Waals surface area (Å²) in [6, 6.07) is 16.7. The highest BCUT2D eigenvalue weighted by atomic mass is 19.1. The van der Waals surface area contributed by atoms with E-state index in [4.69, 9.17) is 14.7 Å². The van der Waals surface area contributed by atoms with Gasteiger partial charge in [0.2, 0.25) is 0 Å². The normalized spacial score (nSPS) is 14.3. The fourth-order valence-corrected chi connectivity index (χ4v) is 5.22. The standard InChI is InChI=1S/C30H26FN7O/c1-17-11-18(13-20(31)12-17)23-3-2-4-25-27(23)36-30(35-25)29-28-26(37-38-29)6-5-24(34-28)19-14-22(16-33-15-19)39-21-7-9-32-10-8-21/h2-6,11-16,21,32H,7-10H2,1H3,(H,35,36)(H,37,38). The maximum absolute atomic E-state index is 14.2. The molecule has 1 aliphatic rings. The Morgan fingerprint density at radius 1 is 0.897 bits per heavy atom. The van der Waals surface area contributed by atoms with Crippen molar-refractivity contribution in [1.29, 1.82) is 0 Å². The third-order valence-electron chi connectivity index (χ3n) is 7.10. The van der Waals surface area contributed by atoms with E-state index in [0.29, 0.717) is 17.0 Å². The summed E-state index contributed by atoms with van der Waals surface area (Å²) in [5.41, 5.74) is 7.80. The second-order valence-corrected chi connectivity index (χ2v) is 9.95. The molecule has 4 aromatic heterocycles. The molecule has 1 saturated heterocycles. The minimum atomic E-state index is -0.271. The molecule has 0 aliphatic carbocycles. The first-order chi connectivity index (χ1) is 19.1. The van der Waals surface area contributed by atoms with Gasteiger partial charge in [0.05, 0.1) is 28.4 Å². The summed E-state index contributed by atoms with van der Waals surface area (Å²) in [5, 5.41) is 11.0. The number of nitrogens with zero attached hydrogens (tertiary/aromatic N) is 4. The molecule has 0 atom stereocenters. The Morgan fingerprint density at radius 3 is 2.67 bits per heavy atom. The number of ether oxygens (including phenoxy) is 1. The molecule has 39 heavy (non-hydrogen) atoms. The second kappa shape index (κ2) is 9.59. The number of aromatic nitrogens is 6. The number of H-pyrrole nitrogens is 2. The predicted octanol–water partition coefficient (Wildman–Crippen LogP) is 5.81. The van der Waals surface area contributed by atoms with Crippen LogP contribution in [0.3, 0.4) is 0 Å². The minimum Gasteiger partial charge on any atom is -0.489 e. The molecule has 9 heteroatoms. The maximum atomic E-state index is 14.2. The Bertz CT molecular complexity index is 1800. The van der Waals surface area contributed by atoms with E-state index in [-0.39, 0.29) is 11.9 Å². The van der Waals surface area contributed by atoms with E-state index >= 15 is 0 Å². The Hall–Kier alpha value is -4.63. The van der Waals surface area contributed by atoms with Gasteiger partial charge in [-0.1, -0.05) is 18.2 Å². The van der Waals surface area contributed by atoms with Gasteiger partial charge in [-0.15, -0.1) is 0 Å². The topological polar surface area (TPSA) is 104 Å². The number of aryl methyl sites for hydroxylation is 1. The van der Waals surface area contributed by atoms with E-state index in [1.807, 2.05) is 49.4 Å². The van der Waals surface area contributed by atoms with Crippen LogP contribution in [0.25, 0.3) is 56.0 Å². The van der Waals surface area contributed by atoms with Crippen LogP contribution >= 0.6 is 0 Å². The zero-order valence-corrected chi connectivity index (χ0v) is 21.3. The lowest BCUT2D eigenvalue weighted by Gasteiger charge is -2.23. The average molecular weight is 520 g/mol. The number of piperidine rings is 1. The molecule has 8 nitrogen and oxygen atoms in total. The van der Waals surface area contributed by atoms with Gasteiger partial charge in [-0.05, 0) is 80.4 Å². The van der Waals surface area contributed by atoms with Gasteiger partial charge in [-0.2, -0.15) is 5.10 Å². The largest absolute Gasteiger partial charge is 0.489 e.